The molecule has 0 spiro atoms. The topological polar surface area (TPSA) is 91.3 Å². The molecule has 1 fully saturated rings. The van der Waals surface area contributed by atoms with E-state index in [4.69, 9.17) is 0 Å². The van der Waals surface area contributed by atoms with Gasteiger partial charge in [0.15, 0.2) is 0 Å². The first-order chi connectivity index (χ1) is 12.9. The van der Waals surface area contributed by atoms with Gasteiger partial charge in [0.1, 0.15) is 5.82 Å². The third-order valence-electron chi connectivity index (χ3n) is 4.74. The first-order valence-corrected chi connectivity index (χ1v) is 9.04. The summed E-state index contributed by atoms with van der Waals surface area (Å²) in [7, 11) is 1.94. The molecule has 0 aliphatic carbocycles. The van der Waals surface area contributed by atoms with Crippen molar-refractivity contribution in [1.29, 1.82) is 0 Å². The number of carbonyl (C=O) groups excluding carboxylic acids is 2. The summed E-state index contributed by atoms with van der Waals surface area (Å²) in [6, 6.07) is 5.21. The molecule has 2 heterocycles. The third kappa shape index (κ3) is 5.31. The highest BCUT2D eigenvalue weighted by Gasteiger charge is 2.28. The smallest absolute Gasteiger partial charge is 0.325 e. The monoisotopic (exact) mass is 406 g/mol. The number of aromatic nitrogens is 2. The Morgan fingerprint density at radius 2 is 2.11 bits per heavy atom. The van der Waals surface area contributed by atoms with Crippen LogP contribution in [0.2, 0.25) is 0 Å². The van der Waals surface area contributed by atoms with Gasteiger partial charge >= 0.3 is 6.03 Å². The maximum Gasteiger partial charge on any atom is 0.325 e. The van der Waals surface area contributed by atoms with Crippen LogP contribution in [0.1, 0.15) is 23.0 Å². The second-order valence-corrected chi connectivity index (χ2v) is 6.91. The van der Waals surface area contributed by atoms with Crippen LogP contribution in [0.15, 0.2) is 30.6 Å². The normalized spacial score (nSPS) is 16.9. The van der Waals surface area contributed by atoms with E-state index in [1.807, 2.05) is 54.8 Å². The summed E-state index contributed by atoms with van der Waals surface area (Å²) in [6.45, 7) is 6.27. The zero-order chi connectivity index (χ0) is 19.4. The van der Waals surface area contributed by atoms with Gasteiger partial charge in [0.05, 0.1) is 12.6 Å². The van der Waals surface area contributed by atoms with E-state index < -0.39 is 6.03 Å². The number of hydrogen-bond donors (Lipinski definition) is 3. The van der Waals surface area contributed by atoms with Crippen LogP contribution in [-0.4, -0.2) is 52.6 Å². The molecule has 1 atom stereocenters. The van der Waals surface area contributed by atoms with E-state index >= 15 is 0 Å². The number of imide groups is 1. The highest BCUT2D eigenvalue weighted by molar-refractivity contribution is 6.02. The van der Waals surface area contributed by atoms with E-state index in [0.29, 0.717) is 18.8 Å². The summed E-state index contributed by atoms with van der Waals surface area (Å²) in [5.74, 6) is 0.563. The van der Waals surface area contributed by atoms with Crippen molar-refractivity contribution in [3.8, 4) is 0 Å². The van der Waals surface area contributed by atoms with Gasteiger partial charge in [0.25, 0.3) is 0 Å². The molecule has 2 aromatic rings. The van der Waals surface area contributed by atoms with Gasteiger partial charge in [0.2, 0.25) is 5.91 Å². The molecule has 1 aliphatic rings. The van der Waals surface area contributed by atoms with Crippen LogP contribution in [-0.2, 0) is 11.8 Å². The van der Waals surface area contributed by atoms with Crippen molar-refractivity contribution in [2.24, 2.45) is 7.05 Å². The maximum absolute atomic E-state index is 12.4. The highest BCUT2D eigenvalue weighted by Crippen LogP contribution is 2.20. The van der Waals surface area contributed by atoms with E-state index in [0.717, 1.165) is 23.5 Å². The molecule has 3 amide bonds. The number of nitrogens with zero attached hydrogens (tertiary/aromatic N) is 3. The summed E-state index contributed by atoms with van der Waals surface area (Å²) in [5.41, 5.74) is 2.77. The van der Waals surface area contributed by atoms with Crippen molar-refractivity contribution in [1.82, 2.24) is 25.1 Å². The van der Waals surface area contributed by atoms with E-state index in [1.165, 1.54) is 0 Å². The summed E-state index contributed by atoms with van der Waals surface area (Å²) >= 11 is 0. The van der Waals surface area contributed by atoms with Gasteiger partial charge in [-0.15, -0.1) is 12.4 Å². The fraction of sp³-hybridized carbons (Fsp3) is 0.421. The highest BCUT2D eigenvalue weighted by atomic mass is 35.5. The van der Waals surface area contributed by atoms with Crippen molar-refractivity contribution < 1.29 is 9.59 Å². The van der Waals surface area contributed by atoms with Crippen LogP contribution in [0, 0.1) is 13.8 Å². The van der Waals surface area contributed by atoms with Crippen LogP contribution in [0.5, 0.6) is 0 Å². The number of hydrogen-bond acceptors (Lipinski definition) is 5. The molecule has 8 nitrogen and oxygen atoms in total. The Labute approximate surface area is 171 Å². The van der Waals surface area contributed by atoms with E-state index in [9.17, 15) is 9.59 Å². The van der Waals surface area contributed by atoms with Gasteiger partial charge in [0, 0.05) is 44.8 Å². The predicted octanol–water partition coefficient (Wildman–Crippen LogP) is 1.75. The number of benzene rings is 1. The van der Waals surface area contributed by atoms with Crippen molar-refractivity contribution in [2.75, 3.05) is 31.5 Å². The molecular formula is C19H27ClN6O2. The average molecular weight is 407 g/mol. The summed E-state index contributed by atoms with van der Waals surface area (Å²) in [6.07, 6.45) is 3.64. The standard InChI is InChI=1S/C19H26N6O2.ClH/c1-13-4-5-15(14(2)10-13)22-19(27)23-17(26)12-25-9-6-20-11-16(25)18-21-7-8-24(18)3;/h4-5,7-8,10,16,20H,6,9,11-12H2,1-3H3,(H2,22,23,26,27);1H. The molecule has 1 saturated heterocycles. The fourth-order valence-electron chi connectivity index (χ4n) is 3.35. The number of amides is 3. The largest absolute Gasteiger partial charge is 0.337 e. The van der Waals surface area contributed by atoms with Gasteiger partial charge in [-0.3, -0.25) is 15.0 Å². The number of nitrogens with one attached hydrogen (secondary N) is 3. The van der Waals surface area contributed by atoms with Gasteiger partial charge < -0.3 is 15.2 Å². The van der Waals surface area contributed by atoms with Crippen LogP contribution < -0.4 is 16.0 Å². The van der Waals surface area contributed by atoms with Gasteiger partial charge in [-0.1, -0.05) is 17.7 Å². The Balaban J connectivity index is 0.00000280. The summed E-state index contributed by atoms with van der Waals surface area (Å²) < 4.78 is 1.95. The van der Waals surface area contributed by atoms with Crippen molar-refractivity contribution in [3.63, 3.8) is 0 Å². The predicted molar refractivity (Wildman–Crippen MR) is 111 cm³/mol. The van der Waals surface area contributed by atoms with Crippen LogP contribution in [0.25, 0.3) is 0 Å². The van der Waals surface area contributed by atoms with E-state index in [2.05, 4.69) is 20.9 Å². The molecule has 3 rings (SSSR count). The Morgan fingerprint density at radius 1 is 1.32 bits per heavy atom. The lowest BCUT2D eigenvalue weighted by atomic mass is 10.1. The molecule has 1 aromatic heterocycles. The number of imidazole rings is 1. The van der Waals surface area contributed by atoms with E-state index in [-0.39, 0.29) is 30.9 Å². The Hall–Kier alpha value is -2.42. The quantitative estimate of drug-likeness (QED) is 0.719. The number of aryl methyl sites for hydroxylation is 3. The first-order valence-electron chi connectivity index (χ1n) is 9.04. The SMILES string of the molecule is Cc1ccc(NC(=O)NC(=O)CN2CCNCC2c2nccn2C)c(C)c1.Cl. The number of anilines is 1. The molecule has 0 radical (unpaired) electrons. The molecule has 1 aromatic carbocycles. The van der Waals surface area contributed by atoms with Crippen molar-refractivity contribution in [3.05, 3.63) is 47.5 Å². The zero-order valence-electron chi connectivity index (χ0n) is 16.4. The molecule has 28 heavy (non-hydrogen) atoms. The van der Waals surface area contributed by atoms with Crippen molar-refractivity contribution >= 4 is 30.0 Å². The minimum absolute atomic E-state index is 0. The lowest BCUT2D eigenvalue weighted by molar-refractivity contribution is -0.121. The van der Waals surface area contributed by atoms with Gasteiger partial charge in [-0.05, 0) is 25.5 Å². The lowest BCUT2D eigenvalue weighted by Gasteiger charge is -2.35. The Kier molecular flexibility index (Phi) is 7.56. The molecule has 1 unspecified atom stereocenters. The molecular weight excluding hydrogens is 380 g/mol. The zero-order valence-corrected chi connectivity index (χ0v) is 17.2. The number of rotatable bonds is 4. The Morgan fingerprint density at radius 3 is 2.79 bits per heavy atom. The minimum Gasteiger partial charge on any atom is -0.337 e. The molecule has 152 valence electrons. The van der Waals surface area contributed by atoms with Crippen LogP contribution in [0.3, 0.4) is 0 Å². The Bertz CT molecular complexity index is 838. The van der Waals surface area contributed by atoms with Crippen molar-refractivity contribution in [2.45, 2.75) is 19.9 Å². The second-order valence-electron chi connectivity index (χ2n) is 6.91. The molecule has 0 bridgehead atoms. The second kappa shape index (κ2) is 9.68. The molecule has 9 heteroatoms. The van der Waals surface area contributed by atoms with Crippen LogP contribution in [0.4, 0.5) is 10.5 Å². The lowest BCUT2D eigenvalue weighted by Crippen LogP contribution is -2.51. The summed E-state index contributed by atoms with van der Waals surface area (Å²) in [5, 5.41) is 8.49. The van der Waals surface area contributed by atoms with Crippen LogP contribution >= 0.6 is 12.4 Å². The molecule has 1 aliphatic heterocycles. The number of urea groups is 1. The minimum atomic E-state index is -0.518. The maximum atomic E-state index is 12.4. The average Bonchev–Trinajstić information content (AvgIpc) is 3.03. The third-order valence-corrected chi connectivity index (χ3v) is 4.74. The van der Waals surface area contributed by atoms with Gasteiger partial charge in [-0.25, -0.2) is 9.78 Å². The molecule has 0 saturated carbocycles. The molecule has 3 N–H and O–H groups in total. The van der Waals surface area contributed by atoms with E-state index in [1.54, 1.807) is 6.20 Å². The number of piperazine rings is 1. The number of carbonyl (C=O) groups is 2. The van der Waals surface area contributed by atoms with Gasteiger partial charge in [-0.2, -0.15) is 0 Å². The fourth-order valence-corrected chi connectivity index (χ4v) is 3.35. The first kappa shape index (κ1) is 21.9. The summed E-state index contributed by atoms with van der Waals surface area (Å²) in [4.78, 5) is 31.0. The number of halogens is 1.